The van der Waals surface area contributed by atoms with Crippen LogP contribution in [0.3, 0.4) is 0 Å². The van der Waals surface area contributed by atoms with E-state index in [1.807, 2.05) is 23.9 Å². The lowest BCUT2D eigenvalue weighted by atomic mass is 10.1. The fourth-order valence-electron chi connectivity index (χ4n) is 1.27. The van der Waals surface area contributed by atoms with Crippen molar-refractivity contribution in [3.8, 4) is 0 Å². The molecule has 0 unspecified atom stereocenters. The Bertz CT molecular complexity index is 330. The molecule has 1 rings (SSSR count). The van der Waals surface area contributed by atoms with E-state index in [9.17, 15) is 0 Å². The van der Waals surface area contributed by atoms with Gasteiger partial charge in [-0.1, -0.05) is 50.3 Å². The first-order valence-corrected chi connectivity index (χ1v) is 7.12. The van der Waals surface area contributed by atoms with E-state index in [0.29, 0.717) is 4.99 Å². The highest BCUT2D eigenvalue weighted by molar-refractivity contribution is 7.98. The van der Waals surface area contributed by atoms with Crippen LogP contribution in [0.15, 0.2) is 24.3 Å². The zero-order valence-corrected chi connectivity index (χ0v) is 11.5. The minimum Gasteiger partial charge on any atom is -0.389 e. The van der Waals surface area contributed by atoms with Crippen molar-refractivity contribution >= 4 is 29.0 Å². The summed E-state index contributed by atoms with van der Waals surface area (Å²) < 4.78 is 0. The van der Waals surface area contributed by atoms with Crippen molar-refractivity contribution in [1.82, 2.24) is 0 Å². The molecule has 0 bridgehead atoms. The first-order chi connectivity index (χ1) is 7.59. The lowest BCUT2D eigenvalue weighted by Gasteiger charge is -2.05. The molecule has 3 heteroatoms. The summed E-state index contributed by atoms with van der Waals surface area (Å²) in [6, 6.07) is 8.22. The molecule has 0 saturated heterocycles. The molecule has 0 saturated carbocycles. The van der Waals surface area contributed by atoms with Gasteiger partial charge < -0.3 is 5.73 Å². The summed E-state index contributed by atoms with van der Waals surface area (Å²) in [5.74, 6) is 3.10. The van der Waals surface area contributed by atoms with E-state index in [2.05, 4.69) is 26.0 Å². The summed E-state index contributed by atoms with van der Waals surface area (Å²) in [6.07, 6.45) is 1.29. The van der Waals surface area contributed by atoms with Gasteiger partial charge in [0.2, 0.25) is 0 Å². The molecule has 0 atom stereocenters. The Kier molecular flexibility index (Phi) is 5.85. The molecular formula is C13H19NS2. The van der Waals surface area contributed by atoms with Gasteiger partial charge in [-0.05, 0) is 23.7 Å². The van der Waals surface area contributed by atoms with Crippen LogP contribution in [0.1, 0.15) is 31.4 Å². The van der Waals surface area contributed by atoms with Gasteiger partial charge in [-0.3, -0.25) is 0 Å². The Balaban J connectivity index is 2.35. The van der Waals surface area contributed by atoms with Gasteiger partial charge in [0.15, 0.2) is 0 Å². The predicted molar refractivity (Wildman–Crippen MR) is 77.9 cm³/mol. The van der Waals surface area contributed by atoms with Crippen molar-refractivity contribution in [3.05, 3.63) is 35.4 Å². The second-order valence-corrected chi connectivity index (χ2v) is 5.84. The molecule has 0 aromatic heterocycles. The van der Waals surface area contributed by atoms with Gasteiger partial charge in [-0.2, -0.15) is 11.8 Å². The second-order valence-electron chi connectivity index (χ2n) is 4.30. The van der Waals surface area contributed by atoms with Crippen molar-refractivity contribution in [2.24, 2.45) is 11.7 Å². The largest absolute Gasteiger partial charge is 0.389 e. The lowest BCUT2D eigenvalue weighted by Crippen LogP contribution is -2.08. The number of nitrogens with two attached hydrogens (primary N) is 1. The van der Waals surface area contributed by atoms with Gasteiger partial charge in [-0.25, -0.2) is 0 Å². The molecule has 0 amide bonds. The van der Waals surface area contributed by atoms with Crippen LogP contribution < -0.4 is 5.73 Å². The smallest absolute Gasteiger partial charge is 0.103 e. The summed E-state index contributed by atoms with van der Waals surface area (Å²) in [5, 5.41) is 0. The molecule has 0 radical (unpaired) electrons. The molecule has 0 spiro atoms. The van der Waals surface area contributed by atoms with Crippen LogP contribution in [0, 0.1) is 5.92 Å². The first-order valence-electron chi connectivity index (χ1n) is 5.56. The Morgan fingerprint density at radius 3 is 2.44 bits per heavy atom. The molecule has 2 N–H and O–H groups in total. The van der Waals surface area contributed by atoms with Gasteiger partial charge >= 0.3 is 0 Å². The summed E-state index contributed by atoms with van der Waals surface area (Å²) in [4.78, 5) is 0.471. The number of hydrogen-bond acceptors (Lipinski definition) is 2. The summed E-state index contributed by atoms with van der Waals surface area (Å²) in [7, 11) is 0. The van der Waals surface area contributed by atoms with Crippen molar-refractivity contribution < 1.29 is 0 Å². The van der Waals surface area contributed by atoms with Crippen LogP contribution >= 0.6 is 24.0 Å². The third-order valence-corrected chi connectivity index (χ3v) is 3.64. The third kappa shape index (κ3) is 4.99. The van der Waals surface area contributed by atoms with E-state index in [-0.39, 0.29) is 0 Å². The standard InChI is InChI=1S/C13H19NS2/c1-10(2)7-8-16-9-11-3-5-12(6-4-11)13(14)15/h3-6,10H,7-9H2,1-2H3,(H2,14,15). The van der Waals surface area contributed by atoms with Gasteiger partial charge in [0.25, 0.3) is 0 Å². The van der Waals surface area contributed by atoms with Crippen LogP contribution in [0.25, 0.3) is 0 Å². The molecule has 16 heavy (non-hydrogen) atoms. The number of rotatable bonds is 6. The fraction of sp³-hybridized carbons (Fsp3) is 0.462. The van der Waals surface area contributed by atoms with Crippen molar-refractivity contribution in [2.75, 3.05) is 5.75 Å². The van der Waals surface area contributed by atoms with E-state index in [4.69, 9.17) is 18.0 Å². The summed E-state index contributed by atoms with van der Waals surface area (Å²) >= 11 is 6.90. The third-order valence-electron chi connectivity index (χ3n) is 2.35. The second kappa shape index (κ2) is 6.92. The maximum absolute atomic E-state index is 5.54. The van der Waals surface area contributed by atoms with E-state index in [1.165, 1.54) is 17.7 Å². The molecule has 0 aliphatic carbocycles. The van der Waals surface area contributed by atoms with Crippen LogP contribution in [0.5, 0.6) is 0 Å². The maximum atomic E-state index is 5.54. The molecule has 1 aromatic rings. The van der Waals surface area contributed by atoms with Crippen LogP contribution in [0.4, 0.5) is 0 Å². The lowest BCUT2D eigenvalue weighted by molar-refractivity contribution is 0.632. The fourth-order valence-corrected chi connectivity index (χ4v) is 2.62. The highest BCUT2D eigenvalue weighted by Crippen LogP contribution is 2.16. The van der Waals surface area contributed by atoms with Gasteiger partial charge in [0.1, 0.15) is 4.99 Å². The van der Waals surface area contributed by atoms with Gasteiger partial charge in [0.05, 0.1) is 0 Å². The molecule has 1 aromatic carbocycles. The number of hydrogen-bond donors (Lipinski definition) is 1. The minimum absolute atomic E-state index is 0.471. The highest BCUT2D eigenvalue weighted by Gasteiger charge is 1.98. The Morgan fingerprint density at radius 1 is 1.31 bits per heavy atom. The molecule has 0 heterocycles. The van der Waals surface area contributed by atoms with Crippen LogP contribution in [-0.2, 0) is 5.75 Å². The summed E-state index contributed by atoms with van der Waals surface area (Å²) in [6.45, 7) is 4.52. The molecule has 1 nitrogen and oxygen atoms in total. The van der Waals surface area contributed by atoms with Crippen molar-refractivity contribution in [1.29, 1.82) is 0 Å². The monoisotopic (exact) mass is 253 g/mol. The quantitative estimate of drug-likeness (QED) is 0.619. The average Bonchev–Trinajstić information content (AvgIpc) is 2.25. The number of benzene rings is 1. The van der Waals surface area contributed by atoms with Gasteiger partial charge in [0, 0.05) is 11.3 Å². The van der Waals surface area contributed by atoms with E-state index < -0.39 is 0 Å². The van der Waals surface area contributed by atoms with Crippen molar-refractivity contribution in [3.63, 3.8) is 0 Å². The molecule has 0 aliphatic rings. The van der Waals surface area contributed by atoms with E-state index in [0.717, 1.165) is 17.2 Å². The van der Waals surface area contributed by atoms with Crippen LogP contribution in [-0.4, -0.2) is 10.7 Å². The zero-order chi connectivity index (χ0) is 12.0. The SMILES string of the molecule is CC(C)CCSCc1ccc(C(N)=S)cc1. The topological polar surface area (TPSA) is 26.0 Å². The molecular weight excluding hydrogens is 234 g/mol. The number of thioether (sulfide) groups is 1. The molecule has 0 aliphatic heterocycles. The zero-order valence-electron chi connectivity index (χ0n) is 9.90. The van der Waals surface area contributed by atoms with Gasteiger partial charge in [-0.15, -0.1) is 0 Å². The summed E-state index contributed by atoms with van der Waals surface area (Å²) in [5.41, 5.74) is 7.84. The normalized spacial score (nSPS) is 10.7. The molecule has 88 valence electrons. The Hall–Kier alpha value is -0.540. The Morgan fingerprint density at radius 2 is 1.94 bits per heavy atom. The maximum Gasteiger partial charge on any atom is 0.103 e. The highest BCUT2D eigenvalue weighted by atomic mass is 32.2. The van der Waals surface area contributed by atoms with E-state index in [1.54, 1.807) is 0 Å². The molecule has 0 fully saturated rings. The average molecular weight is 253 g/mol. The van der Waals surface area contributed by atoms with Crippen LogP contribution in [0.2, 0.25) is 0 Å². The predicted octanol–water partition coefficient (Wildman–Crippen LogP) is 3.60. The Labute approximate surface area is 108 Å². The number of thiocarbonyl (C=S) groups is 1. The van der Waals surface area contributed by atoms with Crippen molar-refractivity contribution in [2.45, 2.75) is 26.0 Å². The first kappa shape index (κ1) is 13.5. The van der Waals surface area contributed by atoms with E-state index >= 15 is 0 Å². The minimum atomic E-state index is 0.471.